The quantitative estimate of drug-likeness (QED) is 0.780. The normalized spacial score (nSPS) is 17.0. The Morgan fingerprint density at radius 2 is 2.08 bits per heavy atom. The molecule has 0 aliphatic carbocycles. The van der Waals surface area contributed by atoms with Crippen molar-refractivity contribution in [2.45, 2.75) is 32.0 Å². The number of nitrogens with one attached hydrogen (secondary N) is 1. The number of imidazole rings is 1. The molecule has 0 saturated carbocycles. The van der Waals surface area contributed by atoms with Crippen LogP contribution in [0.5, 0.6) is 0 Å². The zero-order valence-corrected chi connectivity index (χ0v) is 14.0. The molecular weight excluding hydrogens is 314 g/mol. The molecule has 1 aromatic heterocycles. The first-order valence-electron chi connectivity index (χ1n) is 8.66. The number of hydrogen-bond donors (Lipinski definition) is 1. The van der Waals surface area contributed by atoms with Gasteiger partial charge >= 0.3 is 0 Å². The molecule has 1 unspecified atom stereocenters. The van der Waals surface area contributed by atoms with Crippen LogP contribution >= 0.6 is 0 Å². The lowest BCUT2D eigenvalue weighted by molar-refractivity contribution is -0.130. The Hall–Kier alpha value is -2.66. The van der Waals surface area contributed by atoms with Gasteiger partial charge in [-0.15, -0.1) is 0 Å². The number of benzene rings is 2. The van der Waals surface area contributed by atoms with Gasteiger partial charge in [0.25, 0.3) is 0 Å². The van der Waals surface area contributed by atoms with E-state index in [1.807, 2.05) is 36.7 Å². The first kappa shape index (κ1) is 15.8. The number of nitrogens with zero attached hydrogens (tertiary/aromatic N) is 2. The van der Waals surface area contributed by atoms with Crippen LogP contribution in [0.4, 0.5) is 0 Å². The molecule has 1 atom stereocenters. The minimum atomic E-state index is -0.277. The van der Waals surface area contributed by atoms with E-state index >= 15 is 0 Å². The maximum Gasteiger partial charge on any atom is 0.249 e. The molecule has 2 aromatic carbocycles. The van der Waals surface area contributed by atoms with Crippen LogP contribution < -0.4 is 5.32 Å². The number of ether oxygens (including phenoxy) is 1. The summed E-state index contributed by atoms with van der Waals surface area (Å²) in [4.78, 5) is 16.5. The summed E-state index contributed by atoms with van der Waals surface area (Å²) in [6.45, 7) is 1.97. The molecule has 5 heteroatoms. The molecule has 0 radical (unpaired) electrons. The molecule has 3 aromatic rings. The van der Waals surface area contributed by atoms with Crippen LogP contribution in [-0.4, -0.2) is 28.2 Å². The highest BCUT2D eigenvalue weighted by molar-refractivity contribution is 5.81. The van der Waals surface area contributed by atoms with Crippen LogP contribution in [0.15, 0.2) is 54.9 Å². The van der Waals surface area contributed by atoms with Gasteiger partial charge in [0.2, 0.25) is 5.91 Å². The number of carbonyl (C=O) groups is 1. The second kappa shape index (κ2) is 7.07. The van der Waals surface area contributed by atoms with Crippen molar-refractivity contribution in [1.82, 2.24) is 14.9 Å². The number of amides is 1. The van der Waals surface area contributed by atoms with Crippen molar-refractivity contribution in [3.05, 3.63) is 66.0 Å². The predicted octanol–water partition coefficient (Wildman–Crippen LogP) is 2.88. The maximum absolute atomic E-state index is 12.1. The summed E-state index contributed by atoms with van der Waals surface area (Å²) in [6, 6.07) is 16.4. The smallest absolute Gasteiger partial charge is 0.249 e. The van der Waals surface area contributed by atoms with Crippen LogP contribution in [-0.2, 0) is 22.6 Å². The molecule has 1 aliphatic heterocycles. The van der Waals surface area contributed by atoms with Crippen LogP contribution in [0, 0.1) is 0 Å². The Bertz CT molecular complexity index is 881. The Kier molecular flexibility index (Phi) is 4.48. The lowest BCUT2D eigenvalue weighted by atomic mass is 10.1. The first-order chi connectivity index (χ1) is 12.3. The van der Waals surface area contributed by atoms with E-state index in [2.05, 4.69) is 33.1 Å². The van der Waals surface area contributed by atoms with Gasteiger partial charge in [-0.05, 0) is 36.1 Å². The number of hydrogen-bond acceptors (Lipinski definition) is 3. The van der Waals surface area contributed by atoms with Gasteiger partial charge in [-0.1, -0.05) is 36.4 Å². The number of fused-ring (bicyclic) bond motifs is 1. The highest BCUT2D eigenvalue weighted by Crippen LogP contribution is 2.15. The van der Waals surface area contributed by atoms with Crippen LogP contribution in [0.25, 0.3) is 11.0 Å². The fourth-order valence-corrected chi connectivity index (χ4v) is 3.26. The molecule has 0 spiro atoms. The Morgan fingerprint density at radius 3 is 2.96 bits per heavy atom. The minimum Gasteiger partial charge on any atom is -0.368 e. The molecule has 1 aliphatic rings. The van der Waals surface area contributed by atoms with Gasteiger partial charge in [0.1, 0.15) is 6.10 Å². The maximum atomic E-state index is 12.1. The number of carbonyl (C=O) groups excluding carboxylic acids is 1. The second-order valence-corrected chi connectivity index (χ2v) is 6.40. The third-order valence-electron chi connectivity index (χ3n) is 4.56. The monoisotopic (exact) mass is 335 g/mol. The van der Waals surface area contributed by atoms with Gasteiger partial charge in [-0.25, -0.2) is 4.98 Å². The summed E-state index contributed by atoms with van der Waals surface area (Å²) in [7, 11) is 0. The topological polar surface area (TPSA) is 56.2 Å². The molecule has 4 rings (SSSR count). The lowest BCUT2D eigenvalue weighted by Crippen LogP contribution is -2.33. The fraction of sp³-hybridized carbons (Fsp3) is 0.300. The Labute approximate surface area is 146 Å². The summed E-state index contributed by atoms with van der Waals surface area (Å²) < 4.78 is 7.55. The van der Waals surface area contributed by atoms with E-state index in [4.69, 9.17) is 4.74 Å². The summed E-state index contributed by atoms with van der Waals surface area (Å²) in [5, 5.41) is 2.97. The summed E-state index contributed by atoms with van der Waals surface area (Å²) in [5.74, 6) is -0.0106. The van der Waals surface area contributed by atoms with Gasteiger partial charge in [0, 0.05) is 19.7 Å². The van der Waals surface area contributed by atoms with Crippen molar-refractivity contribution in [3.63, 3.8) is 0 Å². The van der Waals surface area contributed by atoms with Crippen LogP contribution in [0.3, 0.4) is 0 Å². The van der Waals surface area contributed by atoms with E-state index in [-0.39, 0.29) is 12.0 Å². The second-order valence-electron chi connectivity index (χ2n) is 6.40. The summed E-state index contributed by atoms with van der Waals surface area (Å²) in [6.07, 6.45) is 3.38. The van der Waals surface area contributed by atoms with Crippen molar-refractivity contribution in [2.75, 3.05) is 6.61 Å². The standard InChI is InChI=1S/C20H21N3O2/c24-20(19-9-4-10-25-19)21-12-15-5-3-6-16(11-15)13-23-14-22-17-7-1-2-8-18(17)23/h1-3,5-8,11,14,19H,4,9-10,12-13H2,(H,21,24). The third kappa shape index (κ3) is 3.56. The first-order valence-corrected chi connectivity index (χ1v) is 8.66. The highest BCUT2D eigenvalue weighted by Gasteiger charge is 2.22. The molecular formula is C20H21N3O2. The average molecular weight is 335 g/mol. The van der Waals surface area contributed by atoms with E-state index in [0.29, 0.717) is 13.2 Å². The molecule has 5 nitrogen and oxygen atoms in total. The zero-order valence-electron chi connectivity index (χ0n) is 14.0. The Balaban J connectivity index is 1.43. The van der Waals surface area contributed by atoms with E-state index in [1.165, 1.54) is 5.56 Å². The van der Waals surface area contributed by atoms with Crippen molar-refractivity contribution >= 4 is 16.9 Å². The molecule has 2 heterocycles. The lowest BCUT2D eigenvalue weighted by Gasteiger charge is -2.11. The molecule has 1 fully saturated rings. The van der Waals surface area contributed by atoms with Crippen molar-refractivity contribution in [3.8, 4) is 0 Å². The minimum absolute atomic E-state index is 0.0106. The zero-order chi connectivity index (χ0) is 17.1. The number of aromatic nitrogens is 2. The number of rotatable bonds is 5. The van der Waals surface area contributed by atoms with Crippen molar-refractivity contribution in [1.29, 1.82) is 0 Å². The SMILES string of the molecule is O=C(NCc1cccc(Cn2cnc3ccccc32)c1)C1CCCO1. The van der Waals surface area contributed by atoms with Gasteiger partial charge < -0.3 is 14.6 Å². The van der Waals surface area contributed by atoms with Gasteiger partial charge in [0.15, 0.2) is 0 Å². The number of para-hydroxylation sites is 2. The van der Waals surface area contributed by atoms with Gasteiger partial charge in [0.05, 0.1) is 17.4 Å². The predicted molar refractivity (Wildman–Crippen MR) is 96.1 cm³/mol. The van der Waals surface area contributed by atoms with Crippen molar-refractivity contribution < 1.29 is 9.53 Å². The third-order valence-corrected chi connectivity index (χ3v) is 4.56. The van der Waals surface area contributed by atoms with Crippen LogP contribution in [0.2, 0.25) is 0 Å². The summed E-state index contributed by atoms with van der Waals surface area (Å²) in [5.41, 5.74) is 4.40. The van der Waals surface area contributed by atoms with Crippen molar-refractivity contribution in [2.24, 2.45) is 0 Å². The average Bonchev–Trinajstić information content (AvgIpc) is 3.31. The van der Waals surface area contributed by atoms with Gasteiger partial charge in [-0.3, -0.25) is 4.79 Å². The molecule has 0 bridgehead atoms. The van der Waals surface area contributed by atoms with E-state index in [0.717, 1.165) is 36.0 Å². The van der Waals surface area contributed by atoms with E-state index in [1.54, 1.807) is 0 Å². The van der Waals surface area contributed by atoms with E-state index < -0.39 is 0 Å². The summed E-state index contributed by atoms with van der Waals surface area (Å²) >= 11 is 0. The molecule has 1 N–H and O–H groups in total. The largest absolute Gasteiger partial charge is 0.368 e. The fourth-order valence-electron chi connectivity index (χ4n) is 3.26. The van der Waals surface area contributed by atoms with E-state index in [9.17, 15) is 4.79 Å². The molecule has 1 saturated heterocycles. The Morgan fingerprint density at radius 1 is 1.20 bits per heavy atom. The highest BCUT2D eigenvalue weighted by atomic mass is 16.5. The van der Waals surface area contributed by atoms with Crippen LogP contribution in [0.1, 0.15) is 24.0 Å². The molecule has 128 valence electrons. The van der Waals surface area contributed by atoms with Gasteiger partial charge in [-0.2, -0.15) is 0 Å². The molecule has 1 amide bonds. The molecule has 25 heavy (non-hydrogen) atoms.